The average Bonchev–Trinajstić information content (AvgIpc) is 2.18. The van der Waals surface area contributed by atoms with Crippen LogP contribution in [0.25, 0.3) is 0 Å². The Labute approximate surface area is 87.7 Å². The Balaban J connectivity index is 2.49. The average molecular weight is 231 g/mol. The van der Waals surface area contributed by atoms with Crippen LogP contribution in [0.15, 0.2) is 17.2 Å². The zero-order valence-electron chi connectivity index (χ0n) is 8.36. The van der Waals surface area contributed by atoms with Crippen molar-refractivity contribution in [2.24, 2.45) is 0 Å². The van der Waals surface area contributed by atoms with Crippen molar-refractivity contribution in [2.75, 3.05) is 23.4 Å². The first kappa shape index (κ1) is 11.7. The highest BCUT2D eigenvalue weighted by Gasteiger charge is 2.06. The van der Waals surface area contributed by atoms with Crippen molar-refractivity contribution in [3.63, 3.8) is 0 Å². The molecule has 1 heterocycles. The Morgan fingerprint density at radius 1 is 1.53 bits per heavy atom. The minimum Gasteiger partial charge on any atom is -0.369 e. The molecule has 84 valence electrons. The lowest BCUT2D eigenvalue weighted by molar-refractivity contribution is 0.597. The molecule has 6 nitrogen and oxygen atoms in total. The van der Waals surface area contributed by atoms with Gasteiger partial charge < -0.3 is 10.3 Å². The van der Waals surface area contributed by atoms with Gasteiger partial charge in [-0.1, -0.05) is 6.92 Å². The van der Waals surface area contributed by atoms with E-state index in [2.05, 4.69) is 15.3 Å². The number of nitrogens with one attached hydrogen (secondary N) is 2. The van der Waals surface area contributed by atoms with Crippen molar-refractivity contribution >= 4 is 15.7 Å². The van der Waals surface area contributed by atoms with Crippen molar-refractivity contribution in [1.29, 1.82) is 0 Å². The van der Waals surface area contributed by atoms with Crippen LogP contribution in [0.4, 0.5) is 5.82 Å². The molecular formula is C8H13N3O3S. The minimum absolute atomic E-state index is 0.0397. The molecule has 15 heavy (non-hydrogen) atoms. The summed E-state index contributed by atoms with van der Waals surface area (Å²) in [5.41, 5.74) is -0.272. The lowest BCUT2D eigenvalue weighted by Gasteiger charge is -2.04. The normalized spacial score (nSPS) is 11.3. The van der Waals surface area contributed by atoms with Gasteiger partial charge in [-0.2, -0.15) is 0 Å². The first-order valence-electron chi connectivity index (χ1n) is 4.52. The van der Waals surface area contributed by atoms with Crippen molar-refractivity contribution in [1.82, 2.24) is 9.97 Å². The van der Waals surface area contributed by atoms with Gasteiger partial charge in [0.1, 0.15) is 5.82 Å². The van der Waals surface area contributed by atoms with Crippen LogP contribution in [0.1, 0.15) is 6.92 Å². The molecule has 0 spiro atoms. The Morgan fingerprint density at radius 3 is 2.87 bits per heavy atom. The largest absolute Gasteiger partial charge is 0.369 e. The SMILES string of the molecule is CCS(=O)(=O)CCNc1cc(=O)[nH]cn1. The summed E-state index contributed by atoms with van der Waals surface area (Å²) in [6.45, 7) is 1.85. The van der Waals surface area contributed by atoms with E-state index in [4.69, 9.17) is 0 Å². The van der Waals surface area contributed by atoms with Gasteiger partial charge in [-0.3, -0.25) is 4.79 Å². The number of hydrogen-bond acceptors (Lipinski definition) is 5. The zero-order chi connectivity index (χ0) is 11.3. The predicted octanol–water partition coefficient (Wildman–Crippen LogP) is -0.384. The second-order valence-electron chi connectivity index (χ2n) is 2.96. The first-order chi connectivity index (χ1) is 7.03. The van der Waals surface area contributed by atoms with E-state index in [1.54, 1.807) is 6.92 Å². The molecule has 0 saturated carbocycles. The fourth-order valence-corrected chi connectivity index (χ4v) is 1.65. The molecular weight excluding hydrogens is 218 g/mol. The summed E-state index contributed by atoms with van der Waals surface area (Å²) in [5, 5.41) is 2.77. The molecule has 0 bridgehead atoms. The third-order valence-corrected chi connectivity index (χ3v) is 3.54. The van der Waals surface area contributed by atoms with Gasteiger partial charge in [-0.15, -0.1) is 0 Å². The molecule has 7 heteroatoms. The fraction of sp³-hybridized carbons (Fsp3) is 0.500. The van der Waals surface area contributed by atoms with Crippen molar-refractivity contribution in [3.05, 3.63) is 22.7 Å². The predicted molar refractivity (Wildman–Crippen MR) is 57.7 cm³/mol. The molecule has 1 aromatic heterocycles. The van der Waals surface area contributed by atoms with E-state index in [1.807, 2.05) is 0 Å². The number of nitrogens with zero attached hydrogens (tertiary/aromatic N) is 1. The molecule has 1 rings (SSSR count). The number of sulfone groups is 1. The summed E-state index contributed by atoms with van der Waals surface area (Å²) in [6, 6.07) is 1.28. The molecule has 0 aliphatic heterocycles. The maximum absolute atomic E-state index is 11.1. The lowest BCUT2D eigenvalue weighted by Crippen LogP contribution is -2.18. The summed E-state index contributed by atoms with van der Waals surface area (Å²) in [5.74, 6) is 0.542. The number of H-pyrrole nitrogens is 1. The number of aromatic amines is 1. The van der Waals surface area contributed by atoms with E-state index < -0.39 is 9.84 Å². The van der Waals surface area contributed by atoms with Gasteiger partial charge in [0.05, 0.1) is 12.1 Å². The Morgan fingerprint density at radius 2 is 2.27 bits per heavy atom. The van der Waals surface area contributed by atoms with Gasteiger partial charge in [-0.25, -0.2) is 13.4 Å². The van der Waals surface area contributed by atoms with Crippen LogP contribution in [-0.2, 0) is 9.84 Å². The summed E-state index contributed by atoms with van der Waals surface area (Å²) in [6.07, 6.45) is 1.26. The highest BCUT2D eigenvalue weighted by atomic mass is 32.2. The monoisotopic (exact) mass is 231 g/mol. The molecule has 0 fully saturated rings. The smallest absolute Gasteiger partial charge is 0.252 e. The quantitative estimate of drug-likeness (QED) is 0.720. The van der Waals surface area contributed by atoms with Crippen molar-refractivity contribution in [3.8, 4) is 0 Å². The van der Waals surface area contributed by atoms with E-state index in [0.29, 0.717) is 5.82 Å². The number of anilines is 1. The molecule has 0 aliphatic carbocycles. The Bertz CT molecular complexity index is 466. The Kier molecular flexibility index (Phi) is 3.84. The van der Waals surface area contributed by atoms with Gasteiger partial charge in [-0.05, 0) is 0 Å². The number of aromatic nitrogens is 2. The van der Waals surface area contributed by atoms with E-state index in [0.717, 1.165) is 0 Å². The van der Waals surface area contributed by atoms with E-state index >= 15 is 0 Å². The minimum atomic E-state index is -2.98. The molecule has 0 radical (unpaired) electrons. The molecule has 0 aromatic carbocycles. The molecule has 0 saturated heterocycles. The molecule has 1 aromatic rings. The van der Waals surface area contributed by atoms with Crippen LogP contribution in [0.2, 0.25) is 0 Å². The molecule has 0 unspecified atom stereocenters. The molecule has 2 N–H and O–H groups in total. The zero-order valence-corrected chi connectivity index (χ0v) is 9.17. The standard InChI is InChI=1S/C8H13N3O3S/c1-2-15(13,14)4-3-9-7-5-8(12)11-6-10-7/h5-6H,2-4H2,1H3,(H2,9,10,11,12). The van der Waals surface area contributed by atoms with Crippen LogP contribution >= 0.6 is 0 Å². The number of rotatable bonds is 5. The van der Waals surface area contributed by atoms with Gasteiger partial charge in [0, 0.05) is 18.4 Å². The van der Waals surface area contributed by atoms with Crippen LogP contribution in [0.3, 0.4) is 0 Å². The maximum Gasteiger partial charge on any atom is 0.252 e. The van der Waals surface area contributed by atoms with E-state index in [1.165, 1.54) is 12.4 Å². The van der Waals surface area contributed by atoms with E-state index in [-0.39, 0.29) is 23.6 Å². The first-order valence-corrected chi connectivity index (χ1v) is 6.34. The molecule has 0 atom stereocenters. The van der Waals surface area contributed by atoms with Gasteiger partial charge in [0.2, 0.25) is 0 Å². The third kappa shape index (κ3) is 4.11. The van der Waals surface area contributed by atoms with Gasteiger partial charge in [0.25, 0.3) is 5.56 Å². The summed E-state index contributed by atoms with van der Waals surface area (Å²) < 4.78 is 22.3. The second kappa shape index (κ2) is 4.92. The molecule has 0 aliphatic rings. The topological polar surface area (TPSA) is 91.9 Å². The summed E-state index contributed by atoms with van der Waals surface area (Å²) in [7, 11) is -2.98. The highest BCUT2D eigenvalue weighted by molar-refractivity contribution is 7.91. The second-order valence-corrected chi connectivity index (χ2v) is 5.43. The van der Waals surface area contributed by atoms with Crippen LogP contribution in [0.5, 0.6) is 0 Å². The Hall–Kier alpha value is -1.37. The van der Waals surface area contributed by atoms with Crippen molar-refractivity contribution in [2.45, 2.75) is 6.92 Å². The van der Waals surface area contributed by atoms with Crippen molar-refractivity contribution < 1.29 is 8.42 Å². The van der Waals surface area contributed by atoms with Gasteiger partial charge in [0.15, 0.2) is 9.84 Å². The van der Waals surface area contributed by atoms with Gasteiger partial charge >= 0.3 is 0 Å². The summed E-state index contributed by atoms with van der Waals surface area (Å²) >= 11 is 0. The number of hydrogen-bond donors (Lipinski definition) is 2. The fourth-order valence-electron chi connectivity index (χ4n) is 0.944. The highest BCUT2D eigenvalue weighted by Crippen LogP contribution is 1.95. The van der Waals surface area contributed by atoms with Crippen LogP contribution in [-0.4, -0.2) is 36.4 Å². The lowest BCUT2D eigenvalue weighted by atomic mass is 10.5. The third-order valence-electron chi connectivity index (χ3n) is 1.84. The molecule has 0 amide bonds. The maximum atomic E-state index is 11.1. The van der Waals surface area contributed by atoms with Crippen LogP contribution in [0, 0.1) is 0 Å². The summed E-state index contributed by atoms with van der Waals surface area (Å²) in [4.78, 5) is 17.0. The van der Waals surface area contributed by atoms with Crippen LogP contribution < -0.4 is 10.9 Å². The van der Waals surface area contributed by atoms with E-state index in [9.17, 15) is 13.2 Å².